The number of hydrogen-bond donors (Lipinski definition) is 2. The van der Waals surface area contributed by atoms with Crippen LogP contribution in [0.2, 0.25) is 0 Å². The van der Waals surface area contributed by atoms with Gasteiger partial charge in [-0.3, -0.25) is 0 Å². The molecule has 0 radical (unpaired) electrons. The molecule has 2 aromatic heterocycles. The first-order chi connectivity index (χ1) is 8.06. The maximum atomic E-state index is 11.2. The van der Waals surface area contributed by atoms with E-state index in [9.17, 15) is 9.90 Å². The van der Waals surface area contributed by atoms with Crippen LogP contribution in [-0.2, 0) is 6.61 Å². The summed E-state index contributed by atoms with van der Waals surface area (Å²) in [5.74, 6) is -0.969. The number of thiophene rings is 2. The predicted octanol–water partition coefficient (Wildman–Crippen LogP) is 4.19. The average molecular weight is 398 g/mol. The van der Waals surface area contributed by atoms with Crippen molar-refractivity contribution in [1.82, 2.24) is 0 Å². The molecule has 0 aliphatic carbocycles. The standard InChI is InChI=1S/C10H6Br2O3S2/c11-8-6(4(1-13)2-16-8)7-5(10(14)15)3-17-9(7)12/h2-3,13H,1H2,(H,14,15). The summed E-state index contributed by atoms with van der Waals surface area (Å²) in [6.45, 7) is -0.112. The Morgan fingerprint density at radius 2 is 1.76 bits per heavy atom. The summed E-state index contributed by atoms with van der Waals surface area (Å²) in [6.07, 6.45) is 0. The van der Waals surface area contributed by atoms with Gasteiger partial charge in [-0.1, -0.05) is 0 Å². The summed E-state index contributed by atoms with van der Waals surface area (Å²) in [4.78, 5) is 11.2. The lowest BCUT2D eigenvalue weighted by Gasteiger charge is -2.04. The van der Waals surface area contributed by atoms with Crippen LogP contribution >= 0.6 is 54.5 Å². The molecule has 0 amide bonds. The number of aliphatic hydroxyl groups is 1. The van der Waals surface area contributed by atoms with Crippen molar-refractivity contribution in [3.8, 4) is 11.1 Å². The average Bonchev–Trinajstić information content (AvgIpc) is 2.81. The fourth-order valence-corrected chi connectivity index (χ4v) is 4.45. The Balaban J connectivity index is 2.71. The van der Waals surface area contributed by atoms with Gasteiger partial charge in [-0.05, 0) is 42.8 Å². The number of aromatic carboxylic acids is 1. The van der Waals surface area contributed by atoms with Crippen LogP contribution in [0.15, 0.2) is 18.3 Å². The lowest BCUT2D eigenvalue weighted by Crippen LogP contribution is -1.97. The third kappa shape index (κ3) is 2.34. The van der Waals surface area contributed by atoms with Gasteiger partial charge in [0.1, 0.15) is 0 Å². The van der Waals surface area contributed by atoms with E-state index in [-0.39, 0.29) is 12.2 Å². The molecule has 0 fully saturated rings. The van der Waals surface area contributed by atoms with E-state index in [0.717, 1.165) is 18.7 Å². The molecule has 3 nitrogen and oxygen atoms in total. The van der Waals surface area contributed by atoms with Gasteiger partial charge in [-0.15, -0.1) is 22.7 Å². The molecule has 0 saturated heterocycles. The number of aliphatic hydroxyl groups excluding tert-OH is 1. The van der Waals surface area contributed by atoms with Gasteiger partial charge in [-0.25, -0.2) is 4.79 Å². The van der Waals surface area contributed by atoms with Gasteiger partial charge in [0.25, 0.3) is 0 Å². The molecule has 2 heterocycles. The van der Waals surface area contributed by atoms with Gasteiger partial charge in [0, 0.05) is 16.5 Å². The monoisotopic (exact) mass is 396 g/mol. The molecule has 0 unspecified atom stereocenters. The predicted molar refractivity (Wildman–Crippen MR) is 75.9 cm³/mol. The van der Waals surface area contributed by atoms with E-state index >= 15 is 0 Å². The summed E-state index contributed by atoms with van der Waals surface area (Å²) >= 11 is 9.51. The van der Waals surface area contributed by atoms with Crippen molar-refractivity contribution in [3.05, 3.63) is 29.5 Å². The van der Waals surface area contributed by atoms with Crippen molar-refractivity contribution in [2.45, 2.75) is 6.61 Å². The first kappa shape index (κ1) is 13.2. The van der Waals surface area contributed by atoms with Crippen molar-refractivity contribution < 1.29 is 15.0 Å². The van der Waals surface area contributed by atoms with Crippen molar-refractivity contribution >= 4 is 60.5 Å². The Hall–Kier alpha value is -0.210. The number of halogens is 2. The van der Waals surface area contributed by atoms with Crippen molar-refractivity contribution in [3.63, 3.8) is 0 Å². The summed E-state index contributed by atoms with van der Waals surface area (Å²) in [5.41, 5.74) is 2.35. The number of carboxylic acid groups (broad SMARTS) is 1. The van der Waals surface area contributed by atoms with E-state index in [0.29, 0.717) is 5.56 Å². The Kier molecular flexibility index (Phi) is 4.04. The molecular weight excluding hydrogens is 392 g/mol. The third-order valence-electron chi connectivity index (χ3n) is 2.22. The normalized spacial score (nSPS) is 10.8. The van der Waals surface area contributed by atoms with Crippen LogP contribution in [0.1, 0.15) is 15.9 Å². The number of rotatable bonds is 3. The summed E-state index contributed by atoms with van der Waals surface area (Å²) in [5, 5.41) is 21.8. The molecule has 7 heteroatoms. The van der Waals surface area contributed by atoms with E-state index in [1.54, 1.807) is 5.38 Å². The van der Waals surface area contributed by atoms with E-state index in [1.807, 2.05) is 5.38 Å². The van der Waals surface area contributed by atoms with Gasteiger partial charge in [0.2, 0.25) is 0 Å². The van der Waals surface area contributed by atoms with Crippen LogP contribution in [0.25, 0.3) is 11.1 Å². The second kappa shape index (κ2) is 5.19. The first-order valence-electron chi connectivity index (χ1n) is 4.43. The van der Waals surface area contributed by atoms with Crippen LogP contribution in [0.5, 0.6) is 0 Å². The van der Waals surface area contributed by atoms with Crippen LogP contribution in [-0.4, -0.2) is 16.2 Å². The molecule has 0 bridgehead atoms. The lowest BCUT2D eigenvalue weighted by molar-refractivity contribution is 0.0698. The van der Waals surface area contributed by atoms with Crippen LogP contribution in [0.3, 0.4) is 0 Å². The number of carbonyl (C=O) groups is 1. The zero-order chi connectivity index (χ0) is 12.6. The molecule has 0 saturated carbocycles. The second-order valence-electron chi connectivity index (χ2n) is 3.17. The molecule has 2 rings (SSSR count). The van der Waals surface area contributed by atoms with Crippen molar-refractivity contribution in [2.24, 2.45) is 0 Å². The molecule has 0 spiro atoms. The van der Waals surface area contributed by atoms with Gasteiger partial charge in [0.05, 0.1) is 19.7 Å². The molecule has 0 aromatic carbocycles. The third-order valence-corrected chi connectivity index (χ3v) is 5.71. The van der Waals surface area contributed by atoms with Crippen LogP contribution < -0.4 is 0 Å². The number of hydrogen-bond acceptors (Lipinski definition) is 4. The second-order valence-corrected chi connectivity index (χ2v) is 7.57. The number of carboxylic acids is 1. The molecular formula is C10H6Br2O3S2. The quantitative estimate of drug-likeness (QED) is 0.816. The van der Waals surface area contributed by atoms with Gasteiger partial charge in [-0.2, -0.15) is 0 Å². The van der Waals surface area contributed by atoms with Crippen LogP contribution in [0.4, 0.5) is 0 Å². The van der Waals surface area contributed by atoms with E-state index in [2.05, 4.69) is 31.9 Å². The molecule has 90 valence electrons. The van der Waals surface area contributed by atoms with E-state index in [1.165, 1.54) is 22.7 Å². The summed E-state index contributed by atoms with van der Waals surface area (Å²) < 4.78 is 1.58. The molecule has 2 aromatic rings. The fraction of sp³-hybridized carbons (Fsp3) is 0.100. The Morgan fingerprint density at radius 3 is 2.35 bits per heavy atom. The van der Waals surface area contributed by atoms with Crippen LogP contribution in [0, 0.1) is 0 Å². The Bertz CT molecular complexity index is 574. The van der Waals surface area contributed by atoms with Crippen molar-refractivity contribution in [2.75, 3.05) is 0 Å². The smallest absolute Gasteiger partial charge is 0.337 e. The maximum Gasteiger partial charge on any atom is 0.337 e. The summed E-state index contributed by atoms with van der Waals surface area (Å²) in [7, 11) is 0. The zero-order valence-corrected chi connectivity index (χ0v) is 13.0. The van der Waals surface area contributed by atoms with E-state index < -0.39 is 5.97 Å². The van der Waals surface area contributed by atoms with E-state index in [4.69, 9.17) is 5.11 Å². The highest BCUT2D eigenvalue weighted by molar-refractivity contribution is 9.11. The molecule has 0 atom stereocenters. The van der Waals surface area contributed by atoms with Gasteiger partial charge >= 0.3 is 5.97 Å². The summed E-state index contributed by atoms with van der Waals surface area (Å²) in [6, 6.07) is 0. The minimum atomic E-state index is -0.969. The minimum Gasteiger partial charge on any atom is -0.478 e. The SMILES string of the molecule is O=C(O)c1csc(Br)c1-c1c(CO)csc1Br. The highest BCUT2D eigenvalue weighted by Crippen LogP contribution is 2.44. The molecule has 0 aliphatic heterocycles. The van der Waals surface area contributed by atoms with Gasteiger partial charge < -0.3 is 10.2 Å². The highest BCUT2D eigenvalue weighted by Gasteiger charge is 2.22. The minimum absolute atomic E-state index is 0.112. The zero-order valence-electron chi connectivity index (χ0n) is 8.24. The van der Waals surface area contributed by atoms with Gasteiger partial charge in [0.15, 0.2) is 0 Å². The first-order valence-corrected chi connectivity index (χ1v) is 7.78. The highest BCUT2D eigenvalue weighted by atomic mass is 79.9. The fourth-order valence-electron chi connectivity index (χ4n) is 1.47. The Labute approximate surface area is 122 Å². The largest absolute Gasteiger partial charge is 0.478 e. The Morgan fingerprint density at radius 1 is 1.18 bits per heavy atom. The molecule has 2 N–H and O–H groups in total. The topological polar surface area (TPSA) is 57.5 Å². The molecule has 17 heavy (non-hydrogen) atoms. The lowest BCUT2D eigenvalue weighted by atomic mass is 10.0. The van der Waals surface area contributed by atoms with Crippen molar-refractivity contribution in [1.29, 1.82) is 0 Å². The molecule has 0 aliphatic rings. The maximum absolute atomic E-state index is 11.2.